The van der Waals surface area contributed by atoms with Gasteiger partial charge in [0, 0.05) is 81.8 Å². The van der Waals surface area contributed by atoms with E-state index < -0.39 is 102 Å². The highest BCUT2D eigenvalue weighted by Crippen LogP contribution is 2.18. The van der Waals surface area contributed by atoms with Gasteiger partial charge in [0.2, 0.25) is 23.7 Å². The number of nitrogens with two attached hydrogens (primary N) is 5. The summed E-state index contributed by atoms with van der Waals surface area (Å²) in [5, 5.41) is 68.5. The van der Waals surface area contributed by atoms with Crippen molar-refractivity contribution in [2.75, 3.05) is 88.4 Å². The van der Waals surface area contributed by atoms with Gasteiger partial charge in [0.15, 0.2) is 28.2 Å². The van der Waals surface area contributed by atoms with Crippen molar-refractivity contribution >= 4 is 111 Å². The topological polar surface area (TPSA) is 575 Å². The average molecular weight is 1330 g/mol. The monoisotopic (exact) mass is 1330 g/mol. The van der Waals surface area contributed by atoms with Crippen LogP contribution >= 0.6 is 12.2 Å². The van der Waals surface area contributed by atoms with Gasteiger partial charge in [0.05, 0.1) is 38.1 Å². The number of fused-ring (bicyclic) bond motifs is 1. The van der Waals surface area contributed by atoms with E-state index >= 15 is 0 Å². The Morgan fingerprint density at radius 2 is 1.20 bits per heavy atom. The van der Waals surface area contributed by atoms with E-state index in [4.69, 9.17) is 40.9 Å². The number of amides is 4. The highest BCUT2D eigenvalue weighted by molar-refractivity contribution is 7.80. The van der Waals surface area contributed by atoms with E-state index in [-0.39, 0.29) is 157 Å². The first-order valence-electron chi connectivity index (χ1n) is 29.8. The fraction of sp³-hybridized carbons (Fsp3) is 0.474. The number of hydrogen-bond acceptors (Lipinski definition) is 21. The van der Waals surface area contributed by atoms with Gasteiger partial charge in [0.25, 0.3) is 11.5 Å². The van der Waals surface area contributed by atoms with Gasteiger partial charge in [-0.1, -0.05) is 12.1 Å². The molecule has 0 bridgehead atoms. The Bertz CT molecular complexity index is 3410. The third-order valence-electron chi connectivity index (χ3n) is 14.5. The SMILES string of the molecule is NC(N)=NCCC[C@H](NC(=O)CC[C@H](NC(=O)c1ccc(NCc2cnc3nc(N)[nH]c(=O)c3n2)cc1)C(=O)O)C(=O)N[C@@H](CCCN=C(N)N)C(=O)N[C@@H](CCCCNC(=S)Nc1ccc(CC2CN(CC(=O)O)CCN(CC(=O)O)CCN2CC(=O)O)cc1)C(=O)O. The van der Waals surface area contributed by atoms with Gasteiger partial charge in [-0.15, -0.1) is 0 Å². The smallest absolute Gasteiger partial charge is 0.326 e. The minimum absolute atomic E-state index is 0.0116. The molecule has 5 rings (SSSR count). The predicted octanol–water partition coefficient (Wildman–Crippen LogP) is -3.24. The molecule has 0 aliphatic carbocycles. The Hall–Kier alpha value is -10.4. The molecule has 36 nitrogen and oxygen atoms in total. The van der Waals surface area contributed by atoms with Crippen molar-refractivity contribution in [1.29, 1.82) is 0 Å². The van der Waals surface area contributed by atoms with Crippen molar-refractivity contribution in [2.45, 2.75) is 101 Å². The number of H-pyrrole nitrogens is 1. The molecule has 37 heteroatoms. The number of hydrogen-bond donors (Lipinski definition) is 18. The van der Waals surface area contributed by atoms with Crippen LogP contribution in [0.25, 0.3) is 11.2 Å². The fourth-order valence-electron chi connectivity index (χ4n) is 9.83. The van der Waals surface area contributed by atoms with Crippen LogP contribution in [0.15, 0.2) is 69.5 Å². The third kappa shape index (κ3) is 26.8. The molecule has 0 radical (unpaired) electrons. The van der Waals surface area contributed by atoms with E-state index in [1.807, 2.05) is 12.1 Å². The summed E-state index contributed by atoms with van der Waals surface area (Å²) < 4.78 is 0. The van der Waals surface area contributed by atoms with Gasteiger partial charge in [-0.05, 0) is 112 Å². The van der Waals surface area contributed by atoms with Crippen LogP contribution in [-0.4, -0.2) is 233 Å². The lowest BCUT2D eigenvalue weighted by Crippen LogP contribution is -2.55. The standard InChI is InChI=1S/C57H81N21O15S/c58-54(59)63-19-3-6-38(70-42(79)17-16-41(53(92)93)72-48(86)33-10-14-34(15-11-33)66-26-36-27-67-47-46(68-36)51(89)75-56(62)74-47)49(87)71-39(7-4-20-64-55(60)61)50(88)73-40(52(90)91)5-1-2-18-65-57(94)69-35-12-8-32(9-13-35)25-37-28-77(30-44(82)83)22-21-76(29-43(80)81)23-24-78(37)31-45(84)85/h8-15,27,37-41,66H,1-7,16-26,28-31H2,(H,70,79)(H,71,87)(H,72,86)(H,73,88)(H,80,81)(H,82,83)(H,84,85)(H,90,91)(H,92,93)(H4,58,59,63)(H4,60,61,64)(H2,65,69,94)(H3,62,67,74,75,89)/t37?,38-,39-,40-,41-/m0/s1. The van der Waals surface area contributed by atoms with Crippen molar-refractivity contribution in [3.05, 3.63) is 81.9 Å². The Balaban J connectivity index is 1.13. The summed E-state index contributed by atoms with van der Waals surface area (Å²) in [7, 11) is 0. The van der Waals surface area contributed by atoms with E-state index in [9.17, 15) is 73.5 Å². The van der Waals surface area contributed by atoms with Gasteiger partial charge in [-0.3, -0.25) is 68.0 Å². The highest BCUT2D eigenvalue weighted by Gasteiger charge is 2.32. The molecule has 0 saturated carbocycles. The molecule has 1 saturated heterocycles. The van der Waals surface area contributed by atoms with E-state index in [0.717, 1.165) is 5.56 Å². The Kier molecular flexibility index (Phi) is 29.9. The molecule has 4 amide bonds. The molecule has 2 aromatic heterocycles. The summed E-state index contributed by atoms with van der Waals surface area (Å²) in [6.45, 7) is 0.785. The van der Waals surface area contributed by atoms with Crippen molar-refractivity contribution in [3.8, 4) is 0 Å². The lowest BCUT2D eigenvalue weighted by Gasteiger charge is -2.33. The van der Waals surface area contributed by atoms with Gasteiger partial charge in [-0.25, -0.2) is 19.6 Å². The van der Waals surface area contributed by atoms with Crippen LogP contribution < -0.4 is 71.4 Å². The molecular formula is C57H81N21O15S. The second-order valence-corrected chi connectivity index (χ2v) is 22.3. The van der Waals surface area contributed by atoms with Gasteiger partial charge < -0.3 is 91.4 Å². The van der Waals surface area contributed by atoms with E-state index in [2.05, 4.69) is 67.1 Å². The predicted molar refractivity (Wildman–Crippen MR) is 347 cm³/mol. The minimum atomic E-state index is -1.57. The molecular weight excluding hydrogens is 1250 g/mol. The number of anilines is 3. The summed E-state index contributed by atoms with van der Waals surface area (Å²) in [5.74, 6) is -9.96. The molecule has 94 heavy (non-hydrogen) atoms. The number of aliphatic imine (C=N–C) groups is 2. The fourth-order valence-corrected chi connectivity index (χ4v) is 10.1. The summed E-state index contributed by atoms with van der Waals surface area (Å²) >= 11 is 5.50. The highest BCUT2D eigenvalue weighted by atomic mass is 32.1. The van der Waals surface area contributed by atoms with Crippen molar-refractivity contribution in [3.63, 3.8) is 0 Å². The lowest BCUT2D eigenvalue weighted by molar-refractivity contribution is -0.142. The number of benzene rings is 2. The number of nitrogens with one attached hydrogen (secondary N) is 8. The van der Waals surface area contributed by atoms with Gasteiger partial charge in [0.1, 0.15) is 24.2 Å². The van der Waals surface area contributed by atoms with Crippen LogP contribution in [0.1, 0.15) is 79.4 Å². The van der Waals surface area contributed by atoms with Crippen LogP contribution in [-0.2, 0) is 51.3 Å². The number of aliphatic carboxylic acids is 5. The van der Waals surface area contributed by atoms with Crippen molar-refractivity contribution in [1.82, 2.24) is 61.2 Å². The zero-order valence-corrected chi connectivity index (χ0v) is 52.1. The number of aromatic amines is 1. The number of unbranched alkanes of at least 4 members (excludes halogenated alkanes) is 1. The zero-order chi connectivity index (χ0) is 68.9. The molecule has 1 aliphatic heterocycles. The average Bonchev–Trinajstić information content (AvgIpc) is 0.852. The summed E-state index contributed by atoms with van der Waals surface area (Å²) in [5.41, 5.74) is 29.4. The number of nitrogens with zero attached hydrogens (tertiary/aromatic N) is 8. The molecule has 23 N–H and O–H groups in total. The van der Waals surface area contributed by atoms with Crippen LogP contribution in [0.3, 0.4) is 0 Å². The molecule has 2 aromatic carbocycles. The minimum Gasteiger partial charge on any atom is -0.480 e. The first-order chi connectivity index (χ1) is 44.7. The molecule has 1 aliphatic rings. The third-order valence-corrected chi connectivity index (χ3v) is 14.8. The molecule has 3 heterocycles. The summed E-state index contributed by atoms with van der Waals surface area (Å²) in [6.07, 6.45) is 1.54. The number of carboxylic acid groups (broad SMARTS) is 5. The van der Waals surface area contributed by atoms with Gasteiger partial charge >= 0.3 is 29.8 Å². The maximum Gasteiger partial charge on any atom is 0.326 e. The van der Waals surface area contributed by atoms with Crippen LogP contribution in [0.5, 0.6) is 0 Å². The number of thiocarbonyl (C=S) groups is 1. The molecule has 510 valence electrons. The first kappa shape index (κ1) is 74.3. The number of carbonyl (C=O) groups excluding carboxylic acids is 4. The van der Waals surface area contributed by atoms with Crippen LogP contribution in [0.2, 0.25) is 0 Å². The first-order valence-corrected chi connectivity index (χ1v) is 30.2. The molecule has 1 fully saturated rings. The van der Waals surface area contributed by atoms with Crippen LogP contribution in [0, 0.1) is 0 Å². The van der Waals surface area contributed by atoms with Gasteiger partial charge in [-0.2, -0.15) is 4.98 Å². The quantitative estimate of drug-likeness (QED) is 0.00913. The molecule has 5 atom stereocenters. The number of aromatic nitrogens is 4. The number of carbonyl (C=O) groups is 9. The second-order valence-electron chi connectivity index (χ2n) is 21.9. The number of rotatable bonds is 37. The molecule has 4 aromatic rings. The Labute approximate surface area is 543 Å². The van der Waals surface area contributed by atoms with Crippen LogP contribution in [0.4, 0.5) is 17.3 Å². The number of carboxylic acids is 5. The normalized spacial score (nSPS) is 15.0. The van der Waals surface area contributed by atoms with Crippen molar-refractivity contribution < 1.29 is 68.7 Å². The maximum atomic E-state index is 14.1. The van der Waals surface area contributed by atoms with E-state index in [1.165, 1.54) is 18.3 Å². The molecule has 0 spiro atoms. The Morgan fingerprint density at radius 1 is 0.649 bits per heavy atom. The van der Waals surface area contributed by atoms with E-state index in [0.29, 0.717) is 29.9 Å². The second kappa shape index (κ2) is 37.8. The Morgan fingerprint density at radius 3 is 1.81 bits per heavy atom. The summed E-state index contributed by atoms with van der Waals surface area (Å²) in [6, 6.07) is 6.93. The lowest BCUT2D eigenvalue weighted by atomic mass is 10.0. The van der Waals surface area contributed by atoms with Crippen molar-refractivity contribution in [2.24, 2.45) is 32.9 Å². The number of nitrogen functional groups attached to an aromatic ring is 1. The number of guanidine groups is 2. The summed E-state index contributed by atoms with van der Waals surface area (Å²) in [4.78, 5) is 155. The van der Waals surface area contributed by atoms with E-state index in [1.54, 1.807) is 39.0 Å². The largest absolute Gasteiger partial charge is 0.480 e. The maximum absolute atomic E-state index is 14.1. The molecule has 1 unspecified atom stereocenters. The zero-order valence-electron chi connectivity index (χ0n) is 51.3.